The first-order valence-electron chi connectivity index (χ1n) is 8.95. The molecular weight excluding hydrogens is 292 g/mol. The number of allylic oxidation sites excluding steroid dienone is 2. The predicted molar refractivity (Wildman–Crippen MR) is 84.3 cm³/mol. The van der Waals surface area contributed by atoms with Gasteiger partial charge in [-0.3, -0.25) is 9.59 Å². The van der Waals surface area contributed by atoms with Crippen molar-refractivity contribution in [3.8, 4) is 0 Å². The molecule has 0 spiro atoms. The summed E-state index contributed by atoms with van der Waals surface area (Å²) >= 11 is 0. The molecule has 23 heavy (non-hydrogen) atoms. The molecule has 4 heteroatoms. The van der Waals surface area contributed by atoms with Crippen LogP contribution in [0.5, 0.6) is 0 Å². The molecule has 4 rings (SSSR count). The molecule has 0 aromatic heterocycles. The molecule has 3 fully saturated rings. The van der Waals surface area contributed by atoms with Crippen LogP contribution in [0, 0.1) is 28.6 Å². The number of carbonyl (C=O) groups excluding carboxylic acids is 2. The molecule has 3 saturated carbocycles. The first kappa shape index (κ1) is 15.5. The lowest BCUT2D eigenvalue weighted by atomic mass is 9.47. The van der Waals surface area contributed by atoms with E-state index in [0.717, 1.165) is 24.8 Å². The number of rotatable bonds is 0. The molecule has 126 valence electrons. The summed E-state index contributed by atoms with van der Waals surface area (Å²) in [7, 11) is 0. The second-order valence-corrected chi connectivity index (χ2v) is 8.60. The molecule has 4 nitrogen and oxygen atoms in total. The van der Waals surface area contributed by atoms with Crippen LogP contribution in [0.2, 0.25) is 0 Å². The zero-order valence-electron chi connectivity index (χ0n) is 14.0. The fourth-order valence-electron chi connectivity index (χ4n) is 6.25. The van der Waals surface area contributed by atoms with Gasteiger partial charge in [0.15, 0.2) is 11.6 Å². The summed E-state index contributed by atoms with van der Waals surface area (Å²) in [6.45, 7) is 3.95. The second-order valence-electron chi connectivity index (χ2n) is 8.60. The molecule has 0 aromatic carbocycles. The number of fused-ring (bicyclic) bond motifs is 5. The molecule has 0 radical (unpaired) electrons. The maximum absolute atomic E-state index is 12.9. The fourth-order valence-corrected chi connectivity index (χ4v) is 6.25. The van der Waals surface area contributed by atoms with Crippen molar-refractivity contribution >= 4 is 11.6 Å². The monoisotopic (exact) mass is 318 g/mol. The van der Waals surface area contributed by atoms with E-state index < -0.39 is 16.6 Å². The molecule has 2 N–H and O–H groups in total. The highest BCUT2D eigenvalue weighted by Gasteiger charge is 2.66. The van der Waals surface area contributed by atoms with E-state index in [0.29, 0.717) is 25.7 Å². The molecule has 4 aliphatic carbocycles. The summed E-state index contributed by atoms with van der Waals surface area (Å²) in [5.41, 5.74) is -0.113. The zero-order valence-corrected chi connectivity index (χ0v) is 14.0. The Hall–Kier alpha value is -1.00. The highest BCUT2D eigenvalue weighted by Crippen LogP contribution is 2.65. The van der Waals surface area contributed by atoms with Gasteiger partial charge in [-0.2, -0.15) is 0 Å². The number of Topliss-reactive ketones (excluding diaryl/α,β-unsaturated/α-hetero) is 1. The lowest BCUT2D eigenvalue weighted by Crippen LogP contribution is -2.58. The van der Waals surface area contributed by atoms with Crippen LogP contribution in [0.15, 0.2) is 11.6 Å². The number of ketones is 2. The SMILES string of the molecule is C[C@]12C(=O)CCCC1=CC(=O)[C@@H]1[C@H]2CC[C@@]2(C)[C@H]1CCC2(O)O. The van der Waals surface area contributed by atoms with E-state index in [-0.39, 0.29) is 29.3 Å². The van der Waals surface area contributed by atoms with E-state index in [2.05, 4.69) is 0 Å². The summed E-state index contributed by atoms with van der Waals surface area (Å²) < 4.78 is 0. The van der Waals surface area contributed by atoms with E-state index in [4.69, 9.17) is 0 Å². The molecule has 0 bridgehead atoms. The third-order valence-corrected chi connectivity index (χ3v) is 7.86. The molecule has 0 heterocycles. The molecule has 0 amide bonds. The lowest BCUT2D eigenvalue weighted by molar-refractivity contribution is -0.244. The average molecular weight is 318 g/mol. The first-order valence-corrected chi connectivity index (χ1v) is 8.95. The summed E-state index contributed by atoms with van der Waals surface area (Å²) in [5, 5.41) is 20.9. The predicted octanol–water partition coefficient (Wildman–Crippen LogP) is 2.38. The molecule has 0 aliphatic heterocycles. The molecule has 5 atom stereocenters. The Morgan fingerprint density at radius 3 is 2.48 bits per heavy atom. The number of aliphatic hydroxyl groups is 2. The van der Waals surface area contributed by atoms with Gasteiger partial charge < -0.3 is 10.2 Å². The first-order chi connectivity index (χ1) is 10.7. The van der Waals surface area contributed by atoms with Crippen LogP contribution in [0.3, 0.4) is 0 Å². The van der Waals surface area contributed by atoms with Crippen LogP contribution in [-0.2, 0) is 9.59 Å². The van der Waals surface area contributed by atoms with Gasteiger partial charge >= 0.3 is 0 Å². The molecule has 0 unspecified atom stereocenters. The number of carbonyl (C=O) groups is 2. The van der Waals surface area contributed by atoms with Crippen LogP contribution in [0.25, 0.3) is 0 Å². The number of hydrogen-bond donors (Lipinski definition) is 2. The van der Waals surface area contributed by atoms with Gasteiger partial charge in [-0.1, -0.05) is 12.5 Å². The molecular formula is C19H26O4. The van der Waals surface area contributed by atoms with Gasteiger partial charge in [0, 0.05) is 24.2 Å². The summed E-state index contributed by atoms with van der Waals surface area (Å²) in [5.74, 6) is -1.53. The maximum Gasteiger partial charge on any atom is 0.168 e. The summed E-state index contributed by atoms with van der Waals surface area (Å²) in [4.78, 5) is 25.6. The second kappa shape index (κ2) is 4.54. The molecule has 0 aromatic rings. The standard InChI is InChI=1S/C19H26O4/c1-17-8-6-13-16(12(17)7-9-19(17,22)23)14(20)10-11-4-3-5-15(21)18(11,13)2/h10,12-13,16,22-23H,3-9H2,1-2H3/t12-,13+,16-,17-,18-/m0/s1. The Balaban J connectivity index is 1.81. The zero-order chi connectivity index (χ0) is 16.6. The van der Waals surface area contributed by atoms with Gasteiger partial charge in [0.1, 0.15) is 5.78 Å². The van der Waals surface area contributed by atoms with Crippen molar-refractivity contribution in [3.63, 3.8) is 0 Å². The van der Waals surface area contributed by atoms with Crippen LogP contribution in [0.1, 0.15) is 58.8 Å². The van der Waals surface area contributed by atoms with Crippen LogP contribution in [-0.4, -0.2) is 27.6 Å². The lowest BCUT2D eigenvalue weighted by Gasteiger charge is -2.56. The van der Waals surface area contributed by atoms with Crippen molar-refractivity contribution in [2.75, 3.05) is 0 Å². The number of hydrogen-bond acceptors (Lipinski definition) is 4. The van der Waals surface area contributed by atoms with E-state index in [1.807, 2.05) is 13.8 Å². The quantitative estimate of drug-likeness (QED) is 0.673. The van der Waals surface area contributed by atoms with Gasteiger partial charge in [-0.05, 0) is 56.9 Å². The molecule has 0 saturated heterocycles. The van der Waals surface area contributed by atoms with Crippen LogP contribution in [0.4, 0.5) is 0 Å². The highest BCUT2D eigenvalue weighted by atomic mass is 16.5. The third-order valence-electron chi connectivity index (χ3n) is 7.86. The Bertz CT molecular complexity index is 619. The van der Waals surface area contributed by atoms with Gasteiger partial charge in [0.25, 0.3) is 0 Å². The van der Waals surface area contributed by atoms with E-state index in [1.54, 1.807) is 6.08 Å². The minimum absolute atomic E-state index is 0.0342. The summed E-state index contributed by atoms with van der Waals surface area (Å²) in [6.07, 6.45) is 6.43. The normalized spacial score (nSPS) is 48.3. The van der Waals surface area contributed by atoms with E-state index in [1.165, 1.54) is 0 Å². The van der Waals surface area contributed by atoms with Crippen molar-refractivity contribution in [1.29, 1.82) is 0 Å². The Morgan fingerprint density at radius 2 is 1.74 bits per heavy atom. The average Bonchev–Trinajstić information content (AvgIpc) is 2.73. The van der Waals surface area contributed by atoms with Crippen molar-refractivity contribution in [1.82, 2.24) is 0 Å². The summed E-state index contributed by atoms with van der Waals surface area (Å²) in [6, 6.07) is 0. The Labute approximate surface area is 137 Å². The minimum atomic E-state index is -1.69. The van der Waals surface area contributed by atoms with Crippen LogP contribution >= 0.6 is 0 Å². The van der Waals surface area contributed by atoms with E-state index >= 15 is 0 Å². The smallest absolute Gasteiger partial charge is 0.168 e. The van der Waals surface area contributed by atoms with Crippen molar-refractivity contribution in [2.24, 2.45) is 28.6 Å². The Kier molecular flexibility index (Phi) is 3.07. The largest absolute Gasteiger partial charge is 0.365 e. The van der Waals surface area contributed by atoms with Crippen molar-refractivity contribution in [3.05, 3.63) is 11.6 Å². The minimum Gasteiger partial charge on any atom is -0.365 e. The maximum atomic E-state index is 12.9. The molecule has 4 aliphatic rings. The van der Waals surface area contributed by atoms with Gasteiger partial charge in [-0.25, -0.2) is 0 Å². The van der Waals surface area contributed by atoms with E-state index in [9.17, 15) is 19.8 Å². The van der Waals surface area contributed by atoms with Crippen LogP contribution < -0.4 is 0 Å². The van der Waals surface area contributed by atoms with Gasteiger partial charge in [0.05, 0.1) is 5.41 Å². The topological polar surface area (TPSA) is 74.6 Å². The van der Waals surface area contributed by atoms with Gasteiger partial charge in [-0.15, -0.1) is 0 Å². The third kappa shape index (κ3) is 1.74. The highest BCUT2D eigenvalue weighted by molar-refractivity contribution is 6.00. The van der Waals surface area contributed by atoms with Crippen molar-refractivity contribution in [2.45, 2.75) is 64.6 Å². The van der Waals surface area contributed by atoms with Crippen molar-refractivity contribution < 1.29 is 19.8 Å². The fraction of sp³-hybridized carbons (Fsp3) is 0.789. The van der Waals surface area contributed by atoms with Gasteiger partial charge in [0.2, 0.25) is 0 Å². The Morgan fingerprint density at radius 1 is 1.04 bits per heavy atom.